The van der Waals surface area contributed by atoms with E-state index in [0.717, 1.165) is 23.3 Å². The predicted octanol–water partition coefficient (Wildman–Crippen LogP) is 6.11. The van der Waals surface area contributed by atoms with Gasteiger partial charge in [-0.2, -0.15) is 13.2 Å². The van der Waals surface area contributed by atoms with Crippen LogP contribution >= 0.6 is 0 Å². The lowest BCUT2D eigenvalue weighted by Gasteiger charge is -2.14. The first kappa shape index (κ1) is 17.7. The third kappa shape index (κ3) is 3.91. The minimum Gasteiger partial charge on any atom is -0.298 e. The molecule has 0 aromatic heterocycles. The maximum atomic E-state index is 13.0. The van der Waals surface area contributed by atoms with E-state index in [-0.39, 0.29) is 5.56 Å². The molecule has 3 aromatic carbocycles. The lowest BCUT2D eigenvalue weighted by Crippen LogP contribution is -2.07. The highest BCUT2D eigenvalue weighted by molar-refractivity contribution is 5.97. The summed E-state index contributed by atoms with van der Waals surface area (Å²) in [5, 5.41) is 0. The van der Waals surface area contributed by atoms with Crippen LogP contribution in [0.5, 0.6) is 0 Å². The van der Waals surface area contributed by atoms with Crippen molar-refractivity contribution in [3.8, 4) is 0 Å². The van der Waals surface area contributed by atoms with Crippen LogP contribution in [-0.4, -0.2) is 6.29 Å². The Kier molecular flexibility index (Phi) is 5.03. The van der Waals surface area contributed by atoms with Gasteiger partial charge in [0.15, 0.2) is 6.29 Å². The highest BCUT2D eigenvalue weighted by Gasteiger charge is 2.31. The molecular weight excluding hydrogens is 337 g/mol. The molecule has 0 N–H and O–H groups in total. The summed E-state index contributed by atoms with van der Waals surface area (Å²) in [6.45, 7) is 0. The first-order chi connectivity index (χ1) is 12.5. The number of hydrogen-bond acceptors (Lipinski definition) is 1. The van der Waals surface area contributed by atoms with Crippen molar-refractivity contribution in [1.82, 2.24) is 0 Å². The van der Waals surface area contributed by atoms with Crippen LogP contribution in [0.1, 0.15) is 32.6 Å². The van der Waals surface area contributed by atoms with Crippen LogP contribution in [0.15, 0.2) is 78.9 Å². The van der Waals surface area contributed by atoms with Crippen LogP contribution in [0.3, 0.4) is 0 Å². The zero-order valence-electron chi connectivity index (χ0n) is 13.7. The maximum Gasteiger partial charge on any atom is 0.416 e. The first-order valence-electron chi connectivity index (χ1n) is 7.98. The van der Waals surface area contributed by atoms with Gasteiger partial charge in [-0.1, -0.05) is 66.7 Å². The molecule has 0 amide bonds. The van der Waals surface area contributed by atoms with Gasteiger partial charge in [-0.25, -0.2) is 0 Å². The number of benzene rings is 3. The number of carbonyl (C=O) groups is 1. The van der Waals surface area contributed by atoms with Gasteiger partial charge in [0, 0.05) is 5.56 Å². The van der Waals surface area contributed by atoms with Crippen LogP contribution in [0.2, 0.25) is 0 Å². The summed E-state index contributed by atoms with van der Waals surface area (Å²) in [5.41, 5.74) is 2.03. The molecule has 0 saturated heterocycles. The lowest BCUT2D eigenvalue weighted by molar-refractivity contribution is -0.137. The highest BCUT2D eigenvalue weighted by atomic mass is 19.4. The molecule has 0 aliphatic heterocycles. The molecule has 0 atom stereocenters. The molecule has 3 aromatic rings. The van der Waals surface area contributed by atoms with Gasteiger partial charge in [0.05, 0.1) is 5.56 Å². The number of carbonyl (C=O) groups excluding carboxylic acids is 1. The van der Waals surface area contributed by atoms with Crippen LogP contribution in [0, 0.1) is 0 Å². The lowest BCUT2D eigenvalue weighted by atomic mass is 9.91. The minimum absolute atomic E-state index is 0.00543. The van der Waals surface area contributed by atoms with E-state index in [1.54, 1.807) is 0 Å². The first-order valence-corrected chi connectivity index (χ1v) is 7.98. The Labute approximate surface area is 149 Å². The van der Waals surface area contributed by atoms with Gasteiger partial charge in [-0.3, -0.25) is 4.79 Å². The summed E-state index contributed by atoms with van der Waals surface area (Å²) in [6.07, 6.45) is -2.16. The van der Waals surface area contributed by atoms with Crippen molar-refractivity contribution in [3.63, 3.8) is 0 Å². The largest absolute Gasteiger partial charge is 0.416 e. The minimum atomic E-state index is -4.49. The molecule has 0 heterocycles. The SMILES string of the molecule is O=Cc1cc(C(F)(F)F)ccc1/C(=C/c1ccccc1)c1ccccc1. The van der Waals surface area contributed by atoms with Crippen molar-refractivity contribution in [2.24, 2.45) is 0 Å². The van der Waals surface area contributed by atoms with Crippen LogP contribution in [0.4, 0.5) is 13.2 Å². The topological polar surface area (TPSA) is 17.1 Å². The Morgan fingerprint density at radius 1 is 0.808 bits per heavy atom. The Bertz CT molecular complexity index is 927. The smallest absolute Gasteiger partial charge is 0.298 e. The molecule has 0 aliphatic rings. The highest BCUT2D eigenvalue weighted by Crippen LogP contribution is 2.34. The molecule has 1 nitrogen and oxygen atoms in total. The molecule has 26 heavy (non-hydrogen) atoms. The Morgan fingerprint density at radius 3 is 2.00 bits per heavy atom. The second kappa shape index (κ2) is 7.40. The predicted molar refractivity (Wildman–Crippen MR) is 96.7 cm³/mol. The van der Waals surface area contributed by atoms with E-state index in [1.807, 2.05) is 66.7 Å². The van der Waals surface area contributed by atoms with Gasteiger partial charge in [0.25, 0.3) is 0 Å². The van der Waals surface area contributed by atoms with E-state index in [1.165, 1.54) is 6.07 Å². The molecule has 0 spiro atoms. The monoisotopic (exact) mass is 352 g/mol. The summed E-state index contributed by atoms with van der Waals surface area (Å²) in [6, 6.07) is 22.0. The summed E-state index contributed by atoms with van der Waals surface area (Å²) in [7, 11) is 0. The second-order valence-electron chi connectivity index (χ2n) is 5.75. The van der Waals surface area contributed by atoms with Gasteiger partial charge in [0.1, 0.15) is 0 Å². The van der Waals surface area contributed by atoms with Crippen molar-refractivity contribution in [3.05, 3.63) is 107 Å². The van der Waals surface area contributed by atoms with Gasteiger partial charge >= 0.3 is 6.18 Å². The van der Waals surface area contributed by atoms with E-state index >= 15 is 0 Å². The Balaban J connectivity index is 2.20. The molecule has 4 heteroatoms. The second-order valence-corrected chi connectivity index (χ2v) is 5.75. The van der Waals surface area contributed by atoms with Gasteiger partial charge < -0.3 is 0 Å². The van der Waals surface area contributed by atoms with Gasteiger partial charge in [-0.15, -0.1) is 0 Å². The summed E-state index contributed by atoms with van der Waals surface area (Å²) in [5.74, 6) is 0. The molecule has 130 valence electrons. The van der Waals surface area contributed by atoms with E-state index < -0.39 is 11.7 Å². The maximum absolute atomic E-state index is 13.0. The summed E-state index contributed by atoms with van der Waals surface area (Å²) in [4.78, 5) is 11.5. The van der Waals surface area contributed by atoms with Crippen LogP contribution < -0.4 is 0 Å². The Hall–Kier alpha value is -3.14. The quantitative estimate of drug-likeness (QED) is 0.409. The van der Waals surface area contributed by atoms with E-state index in [9.17, 15) is 18.0 Å². The molecule has 3 rings (SSSR count). The molecule has 0 fully saturated rings. The third-order valence-corrected chi connectivity index (χ3v) is 3.99. The fourth-order valence-electron chi connectivity index (χ4n) is 2.73. The average Bonchev–Trinajstić information content (AvgIpc) is 2.66. The van der Waals surface area contributed by atoms with E-state index in [2.05, 4.69) is 0 Å². The summed E-state index contributed by atoms with van der Waals surface area (Å²) >= 11 is 0. The fraction of sp³-hybridized carbons (Fsp3) is 0.0455. The average molecular weight is 352 g/mol. The zero-order chi connectivity index (χ0) is 18.6. The van der Waals surface area contributed by atoms with Crippen molar-refractivity contribution < 1.29 is 18.0 Å². The van der Waals surface area contributed by atoms with E-state index in [4.69, 9.17) is 0 Å². The van der Waals surface area contributed by atoms with Crippen molar-refractivity contribution in [2.75, 3.05) is 0 Å². The van der Waals surface area contributed by atoms with Gasteiger partial charge in [-0.05, 0) is 40.5 Å². The van der Waals surface area contributed by atoms with Crippen molar-refractivity contribution in [2.45, 2.75) is 6.18 Å². The number of hydrogen-bond donors (Lipinski definition) is 0. The number of alkyl halides is 3. The normalized spacial score (nSPS) is 12.0. The molecular formula is C22H15F3O. The van der Waals surface area contributed by atoms with Crippen LogP contribution in [-0.2, 0) is 6.18 Å². The number of halogens is 3. The number of rotatable bonds is 4. The molecule has 0 aliphatic carbocycles. The fourth-order valence-corrected chi connectivity index (χ4v) is 2.73. The Morgan fingerprint density at radius 2 is 1.42 bits per heavy atom. The zero-order valence-corrected chi connectivity index (χ0v) is 13.7. The molecule has 0 bridgehead atoms. The standard InChI is InChI=1S/C22H15F3O/c23-22(24,25)19-11-12-20(18(14-19)15-26)21(17-9-5-2-6-10-17)13-16-7-3-1-4-8-16/h1-15H/b21-13+. The summed E-state index contributed by atoms with van der Waals surface area (Å²) < 4.78 is 38.9. The number of aldehydes is 1. The molecule has 0 radical (unpaired) electrons. The molecule has 0 unspecified atom stereocenters. The van der Waals surface area contributed by atoms with Crippen molar-refractivity contribution in [1.29, 1.82) is 0 Å². The van der Waals surface area contributed by atoms with Gasteiger partial charge in [0.2, 0.25) is 0 Å². The van der Waals surface area contributed by atoms with Crippen molar-refractivity contribution >= 4 is 17.9 Å². The van der Waals surface area contributed by atoms with E-state index in [0.29, 0.717) is 17.4 Å². The molecule has 0 saturated carbocycles. The van der Waals surface area contributed by atoms with Crippen LogP contribution in [0.25, 0.3) is 11.6 Å². The third-order valence-electron chi connectivity index (χ3n) is 3.99.